The molecule has 34 heavy (non-hydrogen) atoms. The third-order valence-corrected chi connectivity index (χ3v) is 4.93. The Bertz CT molecular complexity index is 755. The fourth-order valence-corrected chi connectivity index (χ4v) is 2.90. The SMILES string of the molecule is CC(C)CC(NC(=O)C(CCC(N)=O)NC(=O)C(N)C(C)C)C(=O)NC(CCC(=O)O)C(=O)O. The van der Waals surface area contributed by atoms with Gasteiger partial charge < -0.3 is 37.6 Å². The fraction of sp³-hybridized carbons (Fsp3) is 0.714. The Morgan fingerprint density at radius 3 is 1.65 bits per heavy atom. The third kappa shape index (κ3) is 12.1. The maximum atomic E-state index is 12.9. The maximum Gasteiger partial charge on any atom is 0.326 e. The monoisotopic (exact) mass is 487 g/mol. The summed E-state index contributed by atoms with van der Waals surface area (Å²) in [6, 6.07) is -4.77. The number of carboxylic acids is 2. The first-order valence-corrected chi connectivity index (χ1v) is 11.0. The quantitative estimate of drug-likeness (QED) is 0.137. The molecule has 0 aliphatic carbocycles. The predicted octanol–water partition coefficient (Wildman–Crippen LogP) is -1.31. The molecule has 0 bridgehead atoms. The van der Waals surface area contributed by atoms with Crippen LogP contribution in [-0.4, -0.2) is 69.9 Å². The number of aliphatic carboxylic acids is 2. The first-order chi connectivity index (χ1) is 15.6. The van der Waals surface area contributed by atoms with Gasteiger partial charge >= 0.3 is 11.9 Å². The van der Waals surface area contributed by atoms with Crippen LogP contribution in [0.15, 0.2) is 0 Å². The van der Waals surface area contributed by atoms with Gasteiger partial charge in [0.25, 0.3) is 0 Å². The molecule has 0 fully saturated rings. The van der Waals surface area contributed by atoms with Crippen LogP contribution in [0.25, 0.3) is 0 Å². The van der Waals surface area contributed by atoms with Crippen molar-refractivity contribution < 1.29 is 39.0 Å². The first kappa shape index (κ1) is 30.8. The van der Waals surface area contributed by atoms with Gasteiger partial charge in [-0.3, -0.25) is 24.0 Å². The lowest BCUT2D eigenvalue weighted by atomic mass is 10.0. The van der Waals surface area contributed by atoms with Crippen LogP contribution in [-0.2, 0) is 28.8 Å². The molecule has 0 saturated heterocycles. The lowest BCUT2D eigenvalue weighted by molar-refractivity contribution is -0.143. The minimum atomic E-state index is -1.47. The van der Waals surface area contributed by atoms with E-state index in [-0.39, 0.29) is 37.5 Å². The van der Waals surface area contributed by atoms with Crippen molar-refractivity contribution in [3.05, 3.63) is 0 Å². The summed E-state index contributed by atoms with van der Waals surface area (Å²) in [6.07, 6.45) is -1.04. The maximum absolute atomic E-state index is 12.9. The topological polar surface area (TPSA) is 231 Å². The highest BCUT2D eigenvalue weighted by Crippen LogP contribution is 2.09. The third-order valence-electron chi connectivity index (χ3n) is 4.93. The second kappa shape index (κ2) is 14.8. The summed E-state index contributed by atoms with van der Waals surface area (Å²) in [7, 11) is 0. The number of amides is 4. The second-order valence-corrected chi connectivity index (χ2v) is 8.86. The van der Waals surface area contributed by atoms with Crippen LogP contribution in [0, 0.1) is 11.8 Å². The van der Waals surface area contributed by atoms with E-state index < -0.39 is 66.2 Å². The van der Waals surface area contributed by atoms with E-state index in [1.807, 2.05) is 0 Å². The highest BCUT2D eigenvalue weighted by molar-refractivity contribution is 5.94. The fourth-order valence-electron chi connectivity index (χ4n) is 2.90. The van der Waals surface area contributed by atoms with Crippen LogP contribution in [0.3, 0.4) is 0 Å². The lowest BCUT2D eigenvalue weighted by Crippen LogP contribution is -2.57. The molecule has 0 aromatic heterocycles. The predicted molar refractivity (Wildman–Crippen MR) is 121 cm³/mol. The van der Waals surface area contributed by atoms with E-state index in [2.05, 4.69) is 16.0 Å². The van der Waals surface area contributed by atoms with E-state index in [0.717, 1.165) is 0 Å². The van der Waals surface area contributed by atoms with Gasteiger partial charge in [-0.2, -0.15) is 0 Å². The zero-order chi connectivity index (χ0) is 26.6. The Balaban J connectivity index is 5.57. The van der Waals surface area contributed by atoms with Crippen molar-refractivity contribution in [2.75, 3.05) is 0 Å². The zero-order valence-corrected chi connectivity index (χ0v) is 20.0. The minimum Gasteiger partial charge on any atom is -0.481 e. The Labute approximate surface area is 198 Å². The smallest absolute Gasteiger partial charge is 0.326 e. The van der Waals surface area contributed by atoms with E-state index in [0.29, 0.717) is 0 Å². The summed E-state index contributed by atoms with van der Waals surface area (Å²) >= 11 is 0. The van der Waals surface area contributed by atoms with Gasteiger partial charge in [0.15, 0.2) is 0 Å². The Hall–Kier alpha value is -3.22. The molecule has 4 amide bonds. The van der Waals surface area contributed by atoms with Crippen molar-refractivity contribution in [1.82, 2.24) is 16.0 Å². The molecule has 0 aliphatic rings. The van der Waals surface area contributed by atoms with Gasteiger partial charge in [0.1, 0.15) is 18.1 Å². The molecule has 4 atom stereocenters. The average Bonchev–Trinajstić information content (AvgIpc) is 2.71. The molecule has 0 radical (unpaired) electrons. The van der Waals surface area contributed by atoms with E-state index in [9.17, 15) is 33.9 Å². The number of rotatable bonds is 16. The summed E-state index contributed by atoms with van der Waals surface area (Å²) in [5, 5.41) is 25.3. The number of hydrogen-bond acceptors (Lipinski definition) is 7. The van der Waals surface area contributed by atoms with Crippen LogP contribution in [0.1, 0.15) is 59.8 Å². The van der Waals surface area contributed by atoms with Crippen molar-refractivity contribution >= 4 is 35.6 Å². The molecule has 194 valence electrons. The summed E-state index contributed by atoms with van der Waals surface area (Å²) in [5.74, 6) is -5.87. The van der Waals surface area contributed by atoms with E-state index in [4.69, 9.17) is 16.6 Å². The van der Waals surface area contributed by atoms with Crippen LogP contribution in [0.4, 0.5) is 0 Å². The number of carbonyl (C=O) groups is 6. The molecule has 9 N–H and O–H groups in total. The average molecular weight is 488 g/mol. The molecule has 0 saturated carbocycles. The summed E-state index contributed by atoms with van der Waals surface area (Å²) in [5.41, 5.74) is 11.0. The van der Waals surface area contributed by atoms with E-state index in [1.54, 1.807) is 27.7 Å². The Morgan fingerprint density at radius 1 is 0.735 bits per heavy atom. The molecular formula is C21H37N5O8. The Kier molecular flexibility index (Phi) is 13.4. The van der Waals surface area contributed by atoms with Crippen molar-refractivity contribution in [3.8, 4) is 0 Å². The zero-order valence-electron chi connectivity index (χ0n) is 20.0. The largest absolute Gasteiger partial charge is 0.481 e. The number of carbonyl (C=O) groups excluding carboxylic acids is 4. The van der Waals surface area contributed by atoms with Crippen molar-refractivity contribution in [3.63, 3.8) is 0 Å². The lowest BCUT2D eigenvalue weighted by Gasteiger charge is -2.26. The Morgan fingerprint density at radius 2 is 1.21 bits per heavy atom. The number of hydrogen-bond donors (Lipinski definition) is 7. The second-order valence-electron chi connectivity index (χ2n) is 8.86. The number of primary amides is 1. The number of carboxylic acid groups (broad SMARTS) is 2. The molecule has 13 heteroatoms. The van der Waals surface area contributed by atoms with E-state index >= 15 is 0 Å². The van der Waals surface area contributed by atoms with Gasteiger partial charge in [-0.15, -0.1) is 0 Å². The molecule has 0 heterocycles. The highest BCUT2D eigenvalue weighted by atomic mass is 16.4. The number of nitrogens with one attached hydrogen (secondary N) is 3. The van der Waals surface area contributed by atoms with Crippen molar-refractivity contribution in [1.29, 1.82) is 0 Å². The van der Waals surface area contributed by atoms with Crippen molar-refractivity contribution in [2.24, 2.45) is 23.3 Å². The highest BCUT2D eigenvalue weighted by Gasteiger charge is 2.31. The molecule has 0 aromatic carbocycles. The molecule has 13 nitrogen and oxygen atoms in total. The molecule has 0 rings (SSSR count). The van der Waals surface area contributed by atoms with E-state index in [1.165, 1.54) is 0 Å². The van der Waals surface area contributed by atoms with Crippen LogP contribution in [0.5, 0.6) is 0 Å². The van der Waals surface area contributed by atoms with Gasteiger partial charge in [0.05, 0.1) is 6.04 Å². The van der Waals surface area contributed by atoms with Gasteiger partial charge in [-0.05, 0) is 31.1 Å². The van der Waals surface area contributed by atoms with Gasteiger partial charge in [-0.1, -0.05) is 27.7 Å². The first-order valence-electron chi connectivity index (χ1n) is 11.0. The summed E-state index contributed by atoms with van der Waals surface area (Å²) < 4.78 is 0. The molecule has 0 aliphatic heterocycles. The molecular weight excluding hydrogens is 450 g/mol. The molecule has 0 spiro atoms. The van der Waals surface area contributed by atoms with Crippen LogP contribution >= 0.6 is 0 Å². The summed E-state index contributed by atoms with van der Waals surface area (Å²) in [4.78, 5) is 71.4. The normalized spacial score (nSPS) is 14.6. The molecule has 4 unspecified atom stereocenters. The van der Waals surface area contributed by atoms with Crippen LogP contribution < -0.4 is 27.4 Å². The minimum absolute atomic E-state index is 0.0913. The van der Waals surface area contributed by atoms with Gasteiger partial charge in [0.2, 0.25) is 23.6 Å². The van der Waals surface area contributed by atoms with Crippen molar-refractivity contribution in [2.45, 2.75) is 84.0 Å². The van der Waals surface area contributed by atoms with Crippen LogP contribution in [0.2, 0.25) is 0 Å². The standard InChI is InChI=1S/C21H37N5O8/c1-10(2)9-14(19(31)25-13(21(33)34)6-8-16(28)29)26-18(30)12(5-7-15(22)27)24-20(32)17(23)11(3)4/h10-14,17H,5-9,23H2,1-4H3,(H2,22,27)(H,24,32)(H,25,31)(H,26,30)(H,28,29)(H,33,34). The summed E-state index contributed by atoms with van der Waals surface area (Å²) in [6.45, 7) is 6.99. The van der Waals surface area contributed by atoms with Gasteiger partial charge in [0, 0.05) is 12.8 Å². The molecule has 0 aromatic rings. The number of nitrogens with two attached hydrogens (primary N) is 2. The van der Waals surface area contributed by atoms with Gasteiger partial charge in [-0.25, -0.2) is 4.79 Å².